The Kier molecular flexibility index (Phi) is 5.88. The van der Waals surface area contributed by atoms with E-state index in [0.717, 1.165) is 25.7 Å². The maximum Gasteiger partial charge on any atom is 0.267 e. The third kappa shape index (κ3) is 4.80. The number of nitrogens with one attached hydrogen (secondary N) is 3. The standard InChI is InChI=1S/C14H23N5O3/c15-8-7-12(20)16-9-1-3-10(4-2-9)17-14(22)11-5-6-13(21)19-18-11/h9-10H,1-8,15H2,(H,16,20)(H,17,22)(H,19,21). The Labute approximate surface area is 129 Å². The number of hydrazone groups is 1. The number of rotatable bonds is 5. The van der Waals surface area contributed by atoms with Gasteiger partial charge in [-0.15, -0.1) is 0 Å². The Morgan fingerprint density at radius 3 is 2.32 bits per heavy atom. The van der Waals surface area contributed by atoms with Crippen molar-refractivity contribution in [3.8, 4) is 0 Å². The third-order valence-electron chi connectivity index (χ3n) is 3.97. The third-order valence-corrected chi connectivity index (χ3v) is 3.97. The molecule has 0 aromatic heterocycles. The average Bonchev–Trinajstić information content (AvgIpc) is 2.50. The number of carbonyl (C=O) groups is 3. The lowest BCUT2D eigenvalue weighted by Gasteiger charge is -2.30. The van der Waals surface area contributed by atoms with Crippen LogP contribution in [0.5, 0.6) is 0 Å². The van der Waals surface area contributed by atoms with Crippen molar-refractivity contribution in [3.05, 3.63) is 0 Å². The molecule has 0 spiro atoms. The Balaban J connectivity index is 1.72. The molecule has 1 saturated carbocycles. The predicted molar refractivity (Wildman–Crippen MR) is 80.8 cm³/mol. The minimum atomic E-state index is -0.212. The van der Waals surface area contributed by atoms with E-state index in [9.17, 15) is 14.4 Å². The molecule has 3 amide bonds. The lowest BCUT2D eigenvalue weighted by atomic mass is 9.91. The fourth-order valence-electron chi connectivity index (χ4n) is 2.72. The molecule has 1 aliphatic heterocycles. The monoisotopic (exact) mass is 309 g/mol. The van der Waals surface area contributed by atoms with Crippen LogP contribution in [0.2, 0.25) is 0 Å². The number of carbonyl (C=O) groups excluding carboxylic acids is 3. The Bertz CT molecular complexity index is 469. The summed E-state index contributed by atoms with van der Waals surface area (Å²) in [7, 11) is 0. The molecule has 122 valence electrons. The van der Waals surface area contributed by atoms with Gasteiger partial charge in [0, 0.05) is 37.9 Å². The highest BCUT2D eigenvalue weighted by molar-refractivity contribution is 6.39. The van der Waals surface area contributed by atoms with Gasteiger partial charge >= 0.3 is 0 Å². The van der Waals surface area contributed by atoms with Gasteiger partial charge in [0.2, 0.25) is 11.8 Å². The van der Waals surface area contributed by atoms with Gasteiger partial charge in [0.15, 0.2) is 0 Å². The molecular formula is C14H23N5O3. The molecule has 5 N–H and O–H groups in total. The molecule has 0 atom stereocenters. The number of amides is 3. The summed E-state index contributed by atoms with van der Waals surface area (Å²) >= 11 is 0. The normalized spacial score (nSPS) is 25.0. The van der Waals surface area contributed by atoms with Gasteiger partial charge in [-0.1, -0.05) is 0 Å². The molecule has 2 rings (SSSR count). The van der Waals surface area contributed by atoms with Crippen LogP contribution < -0.4 is 21.8 Å². The first-order chi connectivity index (χ1) is 10.6. The van der Waals surface area contributed by atoms with E-state index in [1.807, 2.05) is 0 Å². The van der Waals surface area contributed by atoms with Crippen molar-refractivity contribution < 1.29 is 14.4 Å². The Morgan fingerprint density at radius 2 is 1.77 bits per heavy atom. The molecule has 0 bridgehead atoms. The predicted octanol–water partition coefficient (Wildman–Crippen LogP) is -0.855. The second kappa shape index (κ2) is 7.88. The van der Waals surface area contributed by atoms with E-state index in [1.54, 1.807) is 0 Å². The van der Waals surface area contributed by atoms with Crippen LogP contribution in [-0.2, 0) is 14.4 Å². The number of nitrogens with zero attached hydrogens (tertiary/aromatic N) is 1. The average molecular weight is 309 g/mol. The van der Waals surface area contributed by atoms with E-state index in [1.165, 1.54) is 0 Å². The number of nitrogens with two attached hydrogens (primary N) is 1. The van der Waals surface area contributed by atoms with E-state index in [0.29, 0.717) is 31.5 Å². The first-order valence-corrected chi connectivity index (χ1v) is 7.74. The van der Waals surface area contributed by atoms with E-state index >= 15 is 0 Å². The van der Waals surface area contributed by atoms with Crippen molar-refractivity contribution in [2.75, 3.05) is 6.54 Å². The SMILES string of the molecule is NCCC(=O)NC1CCC(NC(=O)C2=NNC(=O)CC2)CC1. The van der Waals surface area contributed by atoms with Crippen LogP contribution >= 0.6 is 0 Å². The maximum atomic E-state index is 12.0. The summed E-state index contributed by atoms with van der Waals surface area (Å²) < 4.78 is 0. The van der Waals surface area contributed by atoms with Crippen molar-refractivity contribution in [2.24, 2.45) is 10.8 Å². The van der Waals surface area contributed by atoms with Gasteiger partial charge in [0.05, 0.1) is 0 Å². The van der Waals surface area contributed by atoms with Crippen molar-refractivity contribution in [1.29, 1.82) is 0 Å². The fraction of sp³-hybridized carbons (Fsp3) is 0.714. The van der Waals surface area contributed by atoms with Gasteiger partial charge in [-0.3, -0.25) is 14.4 Å². The summed E-state index contributed by atoms with van der Waals surface area (Å²) in [4.78, 5) is 34.5. The second-order valence-electron chi connectivity index (χ2n) is 5.72. The van der Waals surface area contributed by atoms with Crippen molar-refractivity contribution >= 4 is 23.4 Å². The Hall–Kier alpha value is -1.96. The van der Waals surface area contributed by atoms with Crippen LogP contribution in [0.25, 0.3) is 0 Å². The zero-order valence-electron chi connectivity index (χ0n) is 12.6. The number of hydrogen-bond acceptors (Lipinski definition) is 5. The van der Waals surface area contributed by atoms with Crippen molar-refractivity contribution in [1.82, 2.24) is 16.1 Å². The highest BCUT2D eigenvalue weighted by Gasteiger charge is 2.25. The summed E-state index contributed by atoms with van der Waals surface area (Å²) in [5.41, 5.74) is 8.04. The highest BCUT2D eigenvalue weighted by atomic mass is 16.2. The van der Waals surface area contributed by atoms with Crippen LogP contribution in [0, 0.1) is 0 Å². The second-order valence-corrected chi connectivity index (χ2v) is 5.72. The first kappa shape index (κ1) is 16.4. The molecule has 8 nitrogen and oxygen atoms in total. The molecule has 2 aliphatic rings. The molecule has 1 heterocycles. The topological polar surface area (TPSA) is 126 Å². The van der Waals surface area contributed by atoms with Crippen molar-refractivity contribution in [2.45, 2.75) is 57.0 Å². The van der Waals surface area contributed by atoms with Gasteiger partial charge in [-0.05, 0) is 25.7 Å². The van der Waals surface area contributed by atoms with E-state index < -0.39 is 0 Å². The lowest BCUT2D eigenvalue weighted by molar-refractivity contribution is -0.122. The molecule has 0 unspecified atom stereocenters. The molecule has 1 fully saturated rings. The van der Waals surface area contributed by atoms with E-state index in [4.69, 9.17) is 5.73 Å². The summed E-state index contributed by atoms with van der Waals surface area (Å²) in [5.74, 6) is -0.386. The van der Waals surface area contributed by atoms with E-state index in [2.05, 4.69) is 21.2 Å². The smallest absolute Gasteiger partial charge is 0.267 e. The van der Waals surface area contributed by atoms with E-state index in [-0.39, 0.29) is 29.8 Å². The highest BCUT2D eigenvalue weighted by Crippen LogP contribution is 2.19. The van der Waals surface area contributed by atoms with Crippen LogP contribution in [0.3, 0.4) is 0 Å². The van der Waals surface area contributed by atoms with Crippen LogP contribution in [-0.4, -0.2) is 42.1 Å². The Morgan fingerprint density at radius 1 is 1.14 bits per heavy atom. The van der Waals surface area contributed by atoms with Gasteiger partial charge in [-0.2, -0.15) is 5.10 Å². The molecule has 8 heteroatoms. The fourth-order valence-corrected chi connectivity index (χ4v) is 2.72. The number of hydrogen-bond donors (Lipinski definition) is 4. The molecule has 0 aromatic carbocycles. The van der Waals surface area contributed by atoms with Gasteiger partial charge in [0.25, 0.3) is 5.91 Å². The molecule has 0 aromatic rings. The quantitative estimate of drug-likeness (QED) is 0.527. The molecular weight excluding hydrogens is 286 g/mol. The summed E-state index contributed by atoms with van der Waals surface area (Å²) in [6.07, 6.45) is 4.34. The molecule has 22 heavy (non-hydrogen) atoms. The van der Waals surface area contributed by atoms with Crippen LogP contribution in [0.1, 0.15) is 44.9 Å². The zero-order chi connectivity index (χ0) is 15.9. The molecule has 1 aliphatic carbocycles. The molecule has 0 radical (unpaired) electrons. The van der Waals surface area contributed by atoms with Crippen LogP contribution in [0.4, 0.5) is 0 Å². The summed E-state index contributed by atoms with van der Waals surface area (Å²) in [6, 6.07) is 0.258. The van der Waals surface area contributed by atoms with Gasteiger partial charge < -0.3 is 16.4 Å². The minimum Gasteiger partial charge on any atom is -0.353 e. The first-order valence-electron chi connectivity index (χ1n) is 7.74. The summed E-state index contributed by atoms with van der Waals surface area (Å²) in [5, 5.41) is 9.69. The zero-order valence-corrected chi connectivity index (χ0v) is 12.6. The maximum absolute atomic E-state index is 12.0. The van der Waals surface area contributed by atoms with Gasteiger partial charge in [0.1, 0.15) is 5.71 Å². The lowest BCUT2D eigenvalue weighted by Crippen LogP contribution is -2.46. The van der Waals surface area contributed by atoms with Crippen molar-refractivity contribution in [3.63, 3.8) is 0 Å². The van der Waals surface area contributed by atoms with Gasteiger partial charge in [-0.25, -0.2) is 5.43 Å². The summed E-state index contributed by atoms with van der Waals surface area (Å²) in [6.45, 7) is 0.357. The van der Waals surface area contributed by atoms with Crippen LogP contribution in [0.15, 0.2) is 5.10 Å². The largest absolute Gasteiger partial charge is 0.353 e. The molecule has 0 saturated heterocycles. The minimum absolute atomic E-state index is 0.0118.